The van der Waals surface area contributed by atoms with Gasteiger partial charge in [-0.05, 0) is 6.07 Å². The predicted molar refractivity (Wildman–Crippen MR) is 69.6 cm³/mol. The summed E-state index contributed by atoms with van der Waals surface area (Å²) >= 11 is 0. The van der Waals surface area contributed by atoms with Crippen molar-refractivity contribution in [2.45, 2.75) is 19.4 Å². The Morgan fingerprint density at radius 3 is 2.74 bits per heavy atom. The second-order valence-corrected chi connectivity index (χ2v) is 4.40. The Kier molecular flexibility index (Phi) is 3.85. The van der Waals surface area contributed by atoms with Crippen LogP contribution < -0.4 is 0 Å². The van der Waals surface area contributed by atoms with Gasteiger partial charge >= 0.3 is 5.97 Å². The summed E-state index contributed by atoms with van der Waals surface area (Å²) in [5.41, 5.74) is 1.70. The Bertz CT molecular complexity index is 602. The number of nitrogens with zero attached hydrogens (tertiary/aromatic N) is 1. The highest BCUT2D eigenvalue weighted by atomic mass is 16.4. The van der Waals surface area contributed by atoms with E-state index in [1.54, 1.807) is 13.3 Å². The Hall–Kier alpha value is -2.30. The molecule has 0 saturated heterocycles. The summed E-state index contributed by atoms with van der Waals surface area (Å²) in [6.45, 7) is 0.412. The van der Waals surface area contributed by atoms with E-state index in [2.05, 4.69) is 0 Å². The van der Waals surface area contributed by atoms with E-state index in [-0.39, 0.29) is 18.7 Å². The summed E-state index contributed by atoms with van der Waals surface area (Å²) in [7, 11) is 1.66. The lowest BCUT2D eigenvalue weighted by Gasteiger charge is -2.15. The first kappa shape index (κ1) is 13.1. The maximum Gasteiger partial charge on any atom is 0.303 e. The summed E-state index contributed by atoms with van der Waals surface area (Å²) in [5, 5.41) is 9.53. The molecule has 5 nitrogen and oxygen atoms in total. The highest BCUT2D eigenvalue weighted by molar-refractivity contribution is 5.83. The summed E-state index contributed by atoms with van der Waals surface area (Å²) in [6, 6.07) is 7.60. The monoisotopic (exact) mass is 261 g/mol. The van der Waals surface area contributed by atoms with E-state index < -0.39 is 5.97 Å². The van der Waals surface area contributed by atoms with E-state index in [1.165, 1.54) is 4.90 Å². The standard InChI is InChI=1S/C14H15NO4/c1-15(13(16)6-7-14(17)18)8-10-9-19-12-5-3-2-4-11(10)12/h2-5,9H,6-8H2,1H3,(H,17,18). The third kappa shape index (κ3) is 3.13. The van der Waals surface area contributed by atoms with Crippen LogP contribution in [0.25, 0.3) is 11.0 Å². The molecule has 19 heavy (non-hydrogen) atoms. The molecule has 1 aromatic carbocycles. The number of benzene rings is 1. The molecule has 2 aromatic rings. The number of fused-ring (bicyclic) bond motifs is 1. The van der Waals surface area contributed by atoms with Crippen LogP contribution in [0.15, 0.2) is 34.9 Å². The summed E-state index contributed by atoms with van der Waals surface area (Å²) < 4.78 is 5.40. The van der Waals surface area contributed by atoms with Crippen LogP contribution in [0.5, 0.6) is 0 Å². The molecule has 0 aliphatic heterocycles. The lowest BCUT2D eigenvalue weighted by molar-refractivity contribution is -0.140. The van der Waals surface area contributed by atoms with E-state index in [1.807, 2.05) is 24.3 Å². The first-order valence-corrected chi connectivity index (χ1v) is 5.99. The molecule has 0 unspecified atom stereocenters. The molecule has 0 aliphatic carbocycles. The summed E-state index contributed by atoms with van der Waals surface area (Å²) in [6.07, 6.45) is 1.50. The minimum Gasteiger partial charge on any atom is -0.481 e. The molecule has 0 fully saturated rings. The van der Waals surface area contributed by atoms with Gasteiger partial charge in [0.25, 0.3) is 0 Å². The van der Waals surface area contributed by atoms with Gasteiger partial charge in [0.15, 0.2) is 0 Å². The molecule has 0 aliphatic rings. The quantitative estimate of drug-likeness (QED) is 0.896. The Morgan fingerprint density at radius 1 is 1.26 bits per heavy atom. The maximum absolute atomic E-state index is 11.7. The van der Waals surface area contributed by atoms with Crippen molar-refractivity contribution in [1.29, 1.82) is 0 Å². The molecule has 5 heteroatoms. The zero-order valence-electron chi connectivity index (χ0n) is 10.6. The van der Waals surface area contributed by atoms with Crippen molar-refractivity contribution in [3.63, 3.8) is 0 Å². The van der Waals surface area contributed by atoms with Gasteiger partial charge in [0.2, 0.25) is 5.91 Å². The van der Waals surface area contributed by atoms with Crippen molar-refractivity contribution in [1.82, 2.24) is 4.90 Å². The summed E-state index contributed by atoms with van der Waals surface area (Å²) in [4.78, 5) is 23.7. The molecule has 1 aromatic heterocycles. The van der Waals surface area contributed by atoms with E-state index in [9.17, 15) is 9.59 Å². The van der Waals surface area contributed by atoms with Crippen LogP contribution in [0.1, 0.15) is 18.4 Å². The average molecular weight is 261 g/mol. The van der Waals surface area contributed by atoms with Crippen molar-refractivity contribution in [3.05, 3.63) is 36.1 Å². The molecule has 0 bridgehead atoms. The van der Waals surface area contributed by atoms with Crippen LogP contribution in [0, 0.1) is 0 Å². The molecular formula is C14H15NO4. The third-order valence-electron chi connectivity index (χ3n) is 2.95. The second-order valence-electron chi connectivity index (χ2n) is 4.40. The van der Waals surface area contributed by atoms with Crippen molar-refractivity contribution < 1.29 is 19.1 Å². The van der Waals surface area contributed by atoms with Crippen LogP contribution in [-0.2, 0) is 16.1 Å². The van der Waals surface area contributed by atoms with E-state index in [0.29, 0.717) is 6.54 Å². The van der Waals surface area contributed by atoms with Gasteiger partial charge in [-0.25, -0.2) is 0 Å². The fourth-order valence-corrected chi connectivity index (χ4v) is 1.90. The molecule has 0 spiro atoms. The van der Waals surface area contributed by atoms with Crippen molar-refractivity contribution >= 4 is 22.8 Å². The van der Waals surface area contributed by atoms with Crippen LogP contribution in [0.4, 0.5) is 0 Å². The van der Waals surface area contributed by atoms with Crippen molar-refractivity contribution in [2.24, 2.45) is 0 Å². The van der Waals surface area contributed by atoms with E-state index in [0.717, 1.165) is 16.5 Å². The number of carboxylic acids is 1. The molecular weight excluding hydrogens is 246 g/mol. The maximum atomic E-state index is 11.7. The minimum atomic E-state index is -0.962. The number of hydrogen-bond donors (Lipinski definition) is 1. The highest BCUT2D eigenvalue weighted by Gasteiger charge is 2.13. The molecule has 0 atom stereocenters. The SMILES string of the molecule is CN(Cc1coc2ccccc12)C(=O)CCC(=O)O. The number of furan rings is 1. The number of carbonyl (C=O) groups is 2. The molecule has 2 rings (SSSR count). The first-order chi connectivity index (χ1) is 9.08. The molecule has 1 amide bonds. The molecule has 1 N–H and O–H groups in total. The smallest absolute Gasteiger partial charge is 0.303 e. The van der Waals surface area contributed by atoms with Gasteiger partial charge in [-0.1, -0.05) is 18.2 Å². The van der Waals surface area contributed by atoms with Gasteiger partial charge in [0.05, 0.1) is 12.7 Å². The van der Waals surface area contributed by atoms with E-state index >= 15 is 0 Å². The lowest BCUT2D eigenvalue weighted by Crippen LogP contribution is -2.26. The predicted octanol–water partition coefficient (Wildman–Crippen LogP) is 2.26. The number of carboxylic acid groups (broad SMARTS) is 1. The molecule has 0 saturated carbocycles. The van der Waals surface area contributed by atoms with Crippen LogP contribution in [-0.4, -0.2) is 28.9 Å². The number of carbonyl (C=O) groups excluding carboxylic acids is 1. The number of para-hydroxylation sites is 1. The number of amides is 1. The Balaban J connectivity index is 2.04. The van der Waals surface area contributed by atoms with Gasteiger partial charge in [-0.3, -0.25) is 9.59 Å². The van der Waals surface area contributed by atoms with Gasteiger partial charge in [0.1, 0.15) is 5.58 Å². The number of aliphatic carboxylic acids is 1. The van der Waals surface area contributed by atoms with Crippen LogP contribution in [0.3, 0.4) is 0 Å². The molecule has 1 heterocycles. The van der Waals surface area contributed by atoms with Crippen LogP contribution in [0.2, 0.25) is 0 Å². The Morgan fingerprint density at radius 2 is 2.00 bits per heavy atom. The zero-order chi connectivity index (χ0) is 13.8. The number of rotatable bonds is 5. The van der Waals surface area contributed by atoms with E-state index in [4.69, 9.17) is 9.52 Å². The third-order valence-corrected chi connectivity index (χ3v) is 2.95. The van der Waals surface area contributed by atoms with Crippen LogP contribution >= 0.6 is 0 Å². The number of hydrogen-bond acceptors (Lipinski definition) is 3. The van der Waals surface area contributed by atoms with Gasteiger partial charge in [-0.2, -0.15) is 0 Å². The lowest BCUT2D eigenvalue weighted by atomic mass is 10.1. The zero-order valence-corrected chi connectivity index (χ0v) is 10.6. The van der Waals surface area contributed by atoms with Crippen molar-refractivity contribution in [3.8, 4) is 0 Å². The van der Waals surface area contributed by atoms with Gasteiger partial charge in [-0.15, -0.1) is 0 Å². The summed E-state index contributed by atoms with van der Waals surface area (Å²) in [5.74, 6) is -1.15. The topological polar surface area (TPSA) is 70.8 Å². The fourth-order valence-electron chi connectivity index (χ4n) is 1.90. The largest absolute Gasteiger partial charge is 0.481 e. The van der Waals surface area contributed by atoms with Gasteiger partial charge < -0.3 is 14.4 Å². The average Bonchev–Trinajstić information content (AvgIpc) is 2.79. The first-order valence-electron chi connectivity index (χ1n) is 5.99. The molecule has 100 valence electrons. The van der Waals surface area contributed by atoms with Gasteiger partial charge in [0, 0.05) is 31.0 Å². The normalized spacial score (nSPS) is 10.6. The Labute approximate surface area is 110 Å². The van der Waals surface area contributed by atoms with Crippen molar-refractivity contribution in [2.75, 3.05) is 7.05 Å². The fraction of sp³-hybridized carbons (Fsp3) is 0.286. The minimum absolute atomic E-state index is 0.0155. The second kappa shape index (κ2) is 5.56. The highest BCUT2D eigenvalue weighted by Crippen LogP contribution is 2.21. The molecule has 0 radical (unpaired) electrons.